The van der Waals surface area contributed by atoms with Crippen LogP contribution in [0.25, 0.3) is 0 Å². The van der Waals surface area contributed by atoms with Gasteiger partial charge in [-0.05, 0) is 254 Å². The highest BCUT2D eigenvalue weighted by molar-refractivity contribution is 9.11. The topological polar surface area (TPSA) is 87.3 Å². The number of thiophene rings is 3. The fourth-order valence-corrected chi connectivity index (χ4v) is 25.1. The molecule has 3 N–H and O–H groups in total. The molecule has 12 saturated carbocycles. The van der Waals surface area contributed by atoms with Gasteiger partial charge in [0.2, 0.25) is 0 Å². The molecule has 0 aliphatic heterocycles. The molecule has 10 bridgehead atoms. The minimum atomic E-state index is 0.0878. The van der Waals surface area contributed by atoms with Crippen molar-refractivity contribution in [3.8, 4) is 0 Å². The smallest absolute Gasteiger partial charge is 0.261 e. The summed E-state index contributed by atoms with van der Waals surface area (Å²) < 4.78 is 2.29. The second-order valence-electron chi connectivity index (χ2n) is 24.3. The number of halogens is 1. The summed E-state index contributed by atoms with van der Waals surface area (Å²) in [5, 5.41) is 10.4. The van der Waals surface area contributed by atoms with Crippen molar-refractivity contribution < 1.29 is 14.4 Å². The second-order valence-corrected chi connectivity index (χ2v) is 30.2. The average molecular weight is 985 g/mol. The molecule has 11 heteroatoms. The van der Waals surface area contributed by atoms with E-state index in [-0.39, 0.29) is 23.1 Å². The molecule has 6 nitrogen and oxygen atoms in total. The van der Waals surface area contributed by atoms with E-state index in [2.05, 4.69) is 57.0 Å². The Balaban J connectivity index is 0.585. The molecule has 3 amide bonds. The SMILES string of the molecule is Cc1cc(C2C3CC4CC2CC(CNC(=O)c2ccc(SCC5C6CC7CC8(CNC(=O)c9ccc(Br)s9)CC5CC78C6)s2)(C4)C3)sc1C(=O)NCC12CC3CC4CC(C1)C2(C4)C3. The Morgan fingerprint density at radius 3 is 2.10 bits per heavy atom. The van der Waals surface area contributed by atoms with E-state index in [1.165, 1.54) is 129 Å². The number of amides is 3. The number of nitrogens with one attached hydrogen (secondary N) is 3. The molecule has 13 atom stereocenters. The molecule has 15 rings (SSSR count). The zero-order valence-corrected chi connectivity index (χ0v) is 41.5. The Kier molecular flexibility index (Phi) is 8.96. The highest BCUT2D eigenvalue weighted by Gasteiger charge is 2.76. The van der Waals surface area contributed by atoms with Crippen LogP contribution in [0.5, 0.6) is 0 Å². The summed E-state index contributed by atoms with van der Waals surface area (Å²) in [7, 11) is 0. The Labute approximate surface area is 397 Å². The van der Waals surface area contributed by atoms with Gasteiger partial charge in [0.1, 0.15) is 0 Å². The molecule has 3 heterocycles. The van der Waals surface area contributed by atoms with Crippen molar-refractivity contribution in [3.05, 3.63) is 59.2 Å². The fourth-order valence-electron chi connectivity index (χ4n) is 20.0. The van der Waals surface area contributed by atoms with Crippen LogP contribution in [0.2, 0.25) is 0 Å². The summed E-state index contributed by atoms with van der Waals surface area (Å²) in [4.78, 5) is 44.8. The van der Waals surface area contributed by atoms with Gasteiger partial charge in [-0.1, -0.05) is 0 Å². The lowest BCUT2D eigenvalue weighted by Gasteiger charge is -2.60. The molecular weight excluding hydrogens is 923 g/mol. The van der Waals surface area contributed by atoms with Gasteiger partial charge in [0.25, 0.3) is 17.7 Å². The van der Waals surface area contributed by atoms with Crippen LogP contribution in [-0.2, 0) is 0 Å². The Morgan fingerprint density at radius 1 is 0.635 bits per heavy atom. The summed E-state index contributed by atoms with van der Waals surface area (Å²) in [5.41, 5.74) is 3.10. The molecule has 12 fully saturated rings. The third-order valence-corrected chi connectivity index (χ3v) is 27.0. The van der Waals surface area contributed by atoms with Crippen molar-refractivity contribution in [2.24, 2.45) is 86.3 Å². The number of fused-ring (bicyclic) bond motifs is 4. The van der Waals surface area contributed by atoms with Gasteiger partial charge in [0, 0.05) is 30.3 Å². The van der Waals surface area contributed by atoms with E-state index in [1.807, 2.05) is 35.2 Å². The lowest BCUT2D eigenvalue weighted by Crippen LogP contribution is -2.57. The lowest BCUT2D eigenvalue weighted by atomic mass is 9.46. The Morgan fingerprint density at radius 2 is 1.30 bits per heavy atom. The van der Waals surface area contributed by atoms with Crippen LogP contribution in [0.1, 0.15) is 148 Å². The van der Waals surface area contributed by atoms with E-state index in [9.17, 15) is 14.4 Å². The molecule has 63 heavy (non-hydrogen) atoms. The standard InChI is InChI=1S/C52H62BrN3O3S4/c1-27-6-40(63-44(27)47(59)56-25-49-13-30-7-28-10-35(21-49)51(49,14-28)15-30)43-32-8-29-9-33(43)17-48(12-29,16-32)24-54-46(58)39-3-5-42(62-39)60-23-37-31-11-36-22-50(18-34(37)20-52(36,50)19-31)26-55-45(57)38-2-4-41(53)61-38/h2-6,28-37,43H,7-26H2,1H3,(H,54,58)(H,55,57)(H,56,59). The van der Waals surface area contributed by atoms with Gasteiger partial charge in [0.05, 0.1) is 22.6 Å². The maximum atomic E-state index is 13.9. The zero-order valence-electron chi connectivity index (χ0n) is 36.6. The average Bonchev–Trinajstić information content (AvgIpc) is 4.11. The van der Waals surface area contributed by atoms with Crippen molar-refractivity contribution in [1.82, 2.24) is 16.0 Å². The second kappa shape index (κ2) is 14.0. The van der Waals surface area contributed by atoms with E-state index in [0.29, 0.717) is 39.4 Å². The van der Waals surface area contributed by atoms with Gasteiger partial charge < -0.3 is 16.0 Å². The summed E-state index contributed by atoms with van der Waals surface area (Å²) >= 11 is 10.5. The van der Waals surface area contributed by atoms with E-state index in [0.717, 1.165) is 91.1 Å². The maximum absolute atomic E-state index is 13.9. The molecule has 12 aliphatic rings. The zero-order chi connectivity index (χ0) is 42.3. The van der Waals surface area contributed by atoms with Crippen molar-refractivity contribution >= 4 is 79.4 Å². The molecule has 12 aliphatic carbocycles. The first-order valence-electron chi connectivity index (χ1n) is 24.9. The van der Waals surface area contributed by atoms with Crippen molar-refractivity contribution in [3.63, 3.8) is 0 Å². The molecular formula is C52H62BrN3O3S4. The number of hydrogen-bond acceptors (Lipinski definition) is 7. The molecule has 0 radical (unpaired) electrons. The summed E-state index contributed by atoms with van der Waals surface area (Å²) in [6.45, 7) is 4.71. The molecule has 2 spiro atoms. The highest BCUT2D eigenvalue weighted by atomic mass is 79.9. The first kappa shape index (κ1) is 40.4. The normalized spacial score (nSPS) is 45.6. The summed E-state index contributed by atoms with van der Waals surface area (Å²) in [6.07, 6.45) is 21.5. The quantitative estimate of drug-likeness (QED) is 0.149. The fraction of sp³-hybridized carbons (Fsp3) is 0.712. The summed E-state index contributed by atoms with van der Waals surface area (Å²) in [6, 6.07) is 10.6. The minimum Gasteiger partial charge on any atom is -0.351 e. The van der Waals surface area contributed by atoms with Crippen LogP contribution >= 0.6 is 61.7 Å². The van der Waals surface area contributed by atoms with Crippen molar-refractivity contribution in [1.29, 1.82) is 0 Å². The number of aryl methyl sites for hydroxylation is 1. The monoisotopic (exact) mass is 983 g/mol. The van der Waals surface area contributed by atoms with Crippen LogP contribution in [-0.4, -0.2) is 43.1 Å². The van der Waals surface area contributed by atoms with Crippen LogP contribution in [0.3, 0.4) is 0 Å². The molecule has 3 aromatic heterocycles. The number of rotatable bonds is 13. The summed E-state index contributed by atoms with van der Waals surface area (Å²) in [5.74, 6) is 10.2. The van der Waals surface area contributed by atoms with E-state index < -0.39 is 0 Å². The van der Waals surface area contributed by atoms with Crippen LogP contribution in [0.4, 0.5) is 0 Å². The minimum absolute atomic E-state index is 0.0878. The van der Waals surface area contributed by atoms with E-state index >= 15 is 0 Å². The number of thioether (sulfide) groups is 1. The molecule has 3 aromatic rings. The Bertz CT molecular complexity index is 2420. The predicted molar refractivity (Wildman–Crippen MR) is 257 cm³/mol. The number of carbonyl (C=O) groups is 3. The Hall–Kier alpha value is -1.66. The lowest BCUT2D eigenvalue weighted by molar-refractivity contribution is -0.0963. The highest BCUT2D eigenvalue weighted by Crippen LogP contribution is 2.83. The van der Waals surface area contributed by atoms with Gasteiger partial charge in [-0.25, -0.2) is 0 Å². The first-order chi connectivity index (χ1) is 30.4. The largest absolute Gasteiger partial charge is 0.351 e. The van der Waals surface area contributed by atoms with Gasteiger partial charge in [-0.3, -0.25) is 14.4 Å². The van der Waals surface area contributed by atoms with Gasteiger partial charge >= 0.3 is 0 Å². The van der Waals surface area contributed by atoms with Crippen molar-refractivity contribution in [2.45, 2.75) is 120 Å². The van der Waals surface area contributed by atoms with E-state index in [4.69, 9.17) is 0 Å². The van der Waals surface area contributed by atoms with Crippen LogP contribution in [0, 0.1) is 93.2 Å². The molecule has 13 unspecified atom stereocenters. The third-order valence-electron chi connectivity index (χ3n) is 21.6. The predicted octanol–water partition coefficient (Wildman–Crippen LogP) is 12.2. The first-order valence-corrected chi connectivity index (χ1v) is 29.1. The van der Waals surface area contributed by atoms with Gasteiger partial charge in [-0.15, -0.1) is 45.8 Å². The van der Waals surface area contributed by atoms with Crippen LogP contribution in [0.15, 0.2) is 38.3 Å². The van der Waals surface area contributed by atoms with Crippen molar-refractivity contribution in [2.75, 3.05) is 25.4 Å². The van der Waals surface area contributed by atoms with Crippen LogP contribution < -0.4 is 16.0 Å². The molecule has 0 saturated heterocycles. The molecule has 0 aromatic carbocycles. The number of hydrogen-bond donors (Lipinski definition) is 3. The third kappa shape index (κ3) is 5.79. The number of carbonyl (C=O) groups excluding carboxylic acids is 3. The molecule has 334 valence electrons. The van der Waals surface area contributed by atoms with E-state index in [1.54, 1.807) is 11.3 Å². The van der Waals surface area contributed by atoms with Gasteiger partial charge in [0.15, 0.2) is 0 Å². The van der Waals surface area contributed by atoms with Gasteiger partial charge in [-0.2, -0.15) is 0 Å². The maximum Gasteiger partial charge on any atom is 0.261 e.